The summed E-state index contributed by atoms with van der Waals surface area (Å²) in [6.07, 6.45) is 4.32. The normalized spacial score (nSPS) is 14.0. The lowest BCUT2D eigenvalue weighted by Gasteiger charge is -2.38. The van der Waals surface area contributed by atoms with Crippen molar-refractivity contribution in [1.29, 1.82) is 0 Å². The van der Waals surface area contributed by atoms with E-state index >= 15 is 0 Å². The fourth-order valence-corrected chi connectivity index (χ4v) is 5.61. The molecule has 4 rings (SSSR count). The molecule has 246 valence electrons. The van der Waals surface area contributed by atoms with Crippen LogP contribution in [-0.4, -0.2) is 67.1 Å². The second-order valence-corrected chi connectivity index (χ2v) is 13.2. The molecule has 46 heavy (non-hydrogen) atoms. The van der Waals surface area contributed by atoms with Gasteiger partial charge in [0.25, 0.3) is 5.91 Å². The number of hydrogen-bond donors (Lipinski definition) is 3. The molecule has 1 aliphatic rings. The minimum absolute atomic E-state index is 0.139. The third kappa shape index (κ3) is 9.47. The van der Waals surface area contributed by atoms with Gasteiger partial charge in [0.1, 0.15) is 17.4 Å². The highest BCUT2D eigenvalue weighted by Gasteiger charge is 2.29. The maximum Gasteiger partial charge on any atom is 0.322 e. The number of halogens is 2. The van der Waals surface area contributed by atoms with Gasteiger partial charge in [-0.2, -0.15) is 0 Å². The number of ether oxygens (including phenoxy) is 1. The largest absolute Gasteiger partial charge is 0.439 e. The zero-order valence-electron chi connectivity index (χ0n) is 26.1. The van der Waals surface area contributed by atoms with Crippen LogP contribution in [0.5, 0.6) is 11.6 Å². The summed E-state index contributed by atoms with van der Waals surface area (Å²) in [5.74, 6) is -2.25. The predicted molar refractivity (Wildman–Crippen MR) is 172 cm³/mol. The number of amides is 3. The summed E-state index contributed by atoms with van der Waals surface area (Å²) < 4.78 is 59.5. The van der Waals surface area contributed by atoms with Gasteiger partial charge >= 0.3 is 6.03 Å². The first-order valence-electron chi connectivity index (χ1n) is 14.6. The van der Waals surface area contributed by atoms with Gasteiger partial charge in [-0.3, -0.25) is 14.4 Å². The van der Waals surface area contributed by atoms with E-state index in [1.54, 1.807) is 35.2 Å². The first-order valence-corrected chi connectivity index (χ1v) is 16.5. The molecule has 2 heterocycles. The van der Waals surface area contributed by atoms with Crippen molar-refractivity contribution in [2.45, 2.75) is 46.2 Å². The molecule has 0 bridgehead atoms. The van der Waals surface area contributed by atoms with E-state index in [1.807, 2.05) is 32.9 Å². The van der Waals surface area contributed by atoms with Crippen LogP contribution < -0.4 is 20.5 Å². The zero-order valence-corrected chi connectivity index (χ0v) is 27.0. The number of urea groups is 1. The Morgan fingerprint density at radius 3 is 2.35 bits per heavy atom. The topological polar surface area (TPSA) is 147 Å². The van der Waals surface area contributed by atoms with Crippen LogP contribution in [0.4, 0.5) is 25.0 Å². The molecule has 0 radical (unpaired) electrons. The van der Waals surface area contributed by atoms with E-state index in [1.165, 1.54) is 0 Å². The summed E-state index contributed by atoms with van der Waals surface area (Å²) in [5, 5.41) is 2.49. The number of hydrogen-bond acceptors (Lipinski definition) is 7. The van der Waals surface area contributed by atoms with Crippen LogP contribution in [0.25, 0.3) is 0 Å². The number of primary amides is 1. The minimum atomic E-state index is -3.37. The number of benzene rings is 2. The fraction of sp³-hybridized carbons (Fsp3) is 0.344. The number of pyridine rings is 1. The first-order chi connectivity index (χ1) is 21.7. The number of carbonyl (C=O) groups excluding carboxylic acids is 2. The first kappa shape index (κ1) is 34.3. The van der Waals surface area contributed by atoms with Crippen molar-refractivity contribution in [2.75, 3.05) is 35.9 Å². The summed E-state index contributed by atoms with van der Waals surface area (Å²) in [5.41, 5.74) is 7.62. The van der Waals surface area contributed by atoms with Gasteiger partial charge in [0.15, 0.2) is 0 Å². The smallest absolute Gasteiger partial charge is 0.322 e. The van der Waals surface area contributed by atoms with Gasteiger partial charge in [0, 0.05) is 55.7 Å². The van der Waals surface area contributed by atoms with Gasteiger partial charge in [0.2, 0.25) is 15.9 Å². The zero-order chi connectivity index (χ0) is 33.6. The number of aryl methyl sites for hydroxylation is 1. The number of piperidine rings is 1. The second kappa shape index (κ2) is 14.7. The maximum absolute atomic E-state index is 14.5. The molecule has 1 saturated heterocycles. The quantitative estimate of drug-likeness (QED) is 0.234. The van der Waals surface area contributed by atoms with E-state index in [4.69, 9.17) is 10.5 Å². The maximum atomic E-state index is 14.5. The van der Waals surface area contributed by atoms with E-state index in [0.717, 1.165) is 29.2 Å². The summed E-state index contributed by atoms with van der Waals surface area (Å²) in [4.78, 5) is 33.4. The molecule has 0 aliphatic carbocycles. The Morgan fingerprint density at radius 1 is 1.09 bits per heavy atom. The number of anilines is 2. The fourth-order valence-electron chi connectivity index (χ4n) is 5.05. The molecule has 4 N–H and O–H groups in total. The molecule has 0 atom stereocenters. The van der Waals surface area contributed by atoms with Gasteiger partial charge < -0.3 is 20.7 Å². The molecule has 11 nitrogen and oxygen atoms in total. The molecule has 0 saturated carbocycles. The molecule has 14 heteroatoms. The number of nitrogens with zero attached hydrogens (tertiary/aromatic N) is 3. The second-order valence-electron chi connectivity index (χ2n) is 11.4. The molecule has 3 amide bonds. The Balaban J connectivity index is 1.37. The Bertz CT molecular complexity index is 1720. The molecule has 2 aromatic carbocycles. The third-order valence-electron chi connectivity index (χ3n) is 7.46. The van der Waals surface area contributed by atoms with Crippen LogP contribution in [0.2, 0.25) is 0 Å². The molecule has 0 unspecified atom stereocenters. The van der Waals surface area contributed by atoms with E-state index < -0.39 is 39.2 Å². The van der Waals surface area contributed by atoms with Gasteiger partial charge in [-0.05, 0) is 69.5 Å². The van der Waals surface area contributed by atoms with E-state index in [2.05, 4.69) is 19.9 Å². The Labute approximate surface area is 267 Å². The molecule has 1 fully saturated rings. The number of carbonyl (C=O) groups is 2. The van der Waals surface area contributed by atoms with Crippen LogP contribution >= 0.6 is 0 Å². The van der Waals surface area contributed by atoms with Crippen molar-refractivity contribution in [1.82, 2.24) is 14.8 Å². The number of rotatable bonds is 11. The molecule has 1 aromatic heterocycles. The number of aromatic nitrogens is 1. The third-order valence-corrected chi connectivity index (χ3v) is 8.07. The van der Waals surface area contributed by atoms with Gasteiger partial charge in [-0.15, -0.1) is 0 Å². The highest BCUT2D eigenvalue weighted by atomic mass is 32.2. The summed E-state index contributed by atoms with van der Waals surface area (Å²) in [6, 6.07) is 11.0. The average Bonchev–Trinajstić information content (AvgIpc) is 2.96. The lowest BCUT2D eigenvalue weighted by atomic mass is 10.0. The van der Waals surface area contributed by atoms with Crippen molar-refractivity contribution < 1.29 is 31.5 Å². The van der Waals surface area contributed by atoms with Gasteiger partial charge in [0.05, 0.1) is 17.5 Å². The van der Waals surface area contributed by atoms with Crippen molar-refractivity contribution in [3.63, 3.8) is 0 Å². The highest BCUT2D eigenvalue weighted by Crippen LogP contribution is 2.26. The van der Waals surface area contributed by atoms with Crippen LogP contribution in [0.15, 0.2) is 60.2 Å². The van der Waals surface area contributed by atoms with E-state index in [0.29, 0.717) is 62.4 Å². The standard InChI is InChI=1S/C32H38F2N6O5S/c1-20(2)11-16-40(32(42)37-29-17-26(31(35)41)27(33)18-28(29)34)24-12-14-39(15-13-24)19-22-5-10-30(36-21(22)3)45-25-8-6-23(7-9-25)38-46(4,43)44/h5-11,17-18,24,38H,12-16,19H2,1-4H3,(H2,35,41)(H,37,42). The predicted octanol–water partition coefficient (Wildman–Crippen LogP) is 5.40. The monoisotopic (exact) mass is 656 g/mol. The van der Waals surface area contributed by atoms with Crippen molar-refractivity contribution >= 4 is 33.3 Å². The minimum Gasteiger partial charge on any atom is -0.439 e. The summed E-state index contributed by atoms with van der Waals surface area (Å²) in [6.45, 7) is 8.08. The van der Waals surface area contributed by atoms with Crippen molar-refractivity contribution in [3.05, 3.63) is 88.6 Å². The van der Waals surface area contributed by atoms with Crippen molar-refractivity contribution in [2.24, 2.45) is 5.73 Å². The number of likely N-dealkylation sites (tertiary alicyclic amines) is 1. The Morgan fingerprint density at radius 2 is 1.76 bits per heavy atom. The van der Waals surface area contributed by atoms with Crippen molar-refractivity contribution in [3.8, 4) is 11.6 Å². The van der Waals surface area contributed by atoms with Gasteiger partial charge in [-0.1, -0.05) is 17.7 Å². The van der Waals surface area contributed by atoms with Crippen LogP contribution in [0, 0.1) is 18.6 Å². The lowest BCUT2D eigenvalue weighted by molar-refractivity contribution is 0.0996. The summed E-state index contributed by atoms with van der Waals surface area (Å²) >= 11 is 0. The molecule has 0 spiro atoms. The number of sulfonamides is 1. The van der Waals surface area contributed by atoms with Crippen LogP contribution in [-0.2, 0) is 16.6 Å². The highest BCUT2D eigenvalue weighted by molar-refractivity contribution is 7.92. The van der Waals surface area contributed by atoms with Crippen LogP contribution in [0.3, 0.4) is 0 Å². The molecular weight excluding hydrogens is 618 g/mol. The Kier molecular flexibility index (Phi) is 11.0. The van der Waals surface area contributed by atoms with E-state index in [9.17, 15) is 26.8 Å². The Hall–Kier alpha value is -4.56. The lowest BCUT2D eigenvalue weighted by Crippen LogP contribution is -2.48. The number of nitrogens with two attached hydrogens (primary N) is 1. The average molecular weight is 657 g/mol. The molecular formula is C32H38F2N6O5S. The summed E-state index contributed by atoms with van der Waals surface area (Å²) in [7, 11) is -3.37. The number of allylic oxidation sites excluding steroid dienone is 1. The van der Waals surface area contributed by atoms with E-state index in [-0.39, 0.29) is 11.7 Å². The van der Waals surface area contributed by atoms with Crippen LogP contribution in [0.1, 0.15) is 48.3 Å². The SMILES string of the molecule is CC(C)=CCN(C(=O)Nc1cc(C(N)=O)c(F)cc1F)C1CCN(Cc2ccc(Oc3ccc(NS(C)(=O)=O)cc3)nc2C)CC1. The molecule has 3 aromatic rings. The van der Waals surface area contributed by atoms with Gasteiger partial charge in [-0.25, -0.2) is 27.0 Å². The molecule has 1 aliphatic heterocycles. The number of nitrogens with one attached hydrogen (secondary N) is 2.